The van der Waals surface area contributed by atoms with Crippen molar-refractivity contribution in [1.29, 1.82) is 0 Å². The maximum atomic E-state index is 13.5. The number of halogens is 2. The zero-order chi connectivity index (χ0) is 10.1. The molecule has 3 unspecified atom stereocenters. The first kappa shape index (κ1) is 10.9. The molecule has 3 atom stereocenters. The molecule has 0 radical (unpaired) electrons. The van der Waals surface area contributed by atoms with E-state index < -0.39 is 11.8 Å². The lowest BCUT2D eigenvalue weighted by atomic mass is 9.74. The first-order valence-corrected chi connectivity index (χ1v) is 5.12. The van der Waals surface area contributed by atoms with Crippen LogP contribution in [0.15, 0.2) is 0 Å². The summed E-state index contributed by atoms with van der Waals surface area (Å²) in [6.45, 7) is 3.83. The monoisotopic (exact) mass is 191 g/mol. The zero-order valence-electron chi connectivity index (χ0n) is 8.39. The molecule has 1 aliphatic rings. The molecule has 1 saturated carbocycles. The number of alkyl halides is 2. The van der Waals surface area contributed by atoms with Gasteiger partial charge < -0.3 is 5.73 Å². The molecule has 78 valence electrons. The Kier molecular flexibility index (Phi) is 3.28. The van der Waals surface area contributed by atoms with Gasteiger partial charge in [-0.15, -0.1) is 0 Å². The molecule has 0 bridgehead atoms. The number of hydrogen-bond donors (Lipinski definition) is 1. The molecular formula is C10H19F2N. The van der Waals surface area contributed by atoms with Gasteiger partial charge in [0.15, 0.2) is 0 Å². The van der Waals surface area contributed by atoms with Crippen LogP contribution in [0, 0.1) is 11.8 Å². The summed E-state index contributed by atoms with van der Waals surface area (Å²) in [4.78, 5) is 0. The van der Waals surface area contributed by atoms with Crippen LogP contribution in [-0.2, 0) is 0 Å². The molecule has 0 amide bonds. The van der Waals surface area contributed by atoms with Gasteiger partial charge in [-0.3, -0.25) is 0 Å². The van der Waals surface area contributed by atoms with Crippen molar-refractivity contribution in [3.8, 4) is 0 Å². The van der Waals surface area contributed by atoms with Gasteiger partial charge in [-0.25, -0.2) is 8.78 Å². The standard InChI is InChI=1S/C10H19F2N/c1-3-7(2)9-8(13)5-4-6-10(9,11)12/h7-9H,3-6,13H2,1-2H3. The highest BCUT2D eigenvalue weighted by Gasteiger charge is 2.47. The molecular weight excluding hydrogens is 172 g/mol. The number of hydrogen-bond acceptors (Lipinski definition) is 1. The number of rotatable bonds is 2. The molecule has 1 rings (SSSR count). The Morgan fingerprint density at radius 2 is 2.15 bits per heavy atom. The molecule has 0 aromatic carbocycles. The third kappa shape index (κ3) is 2.19. The maximum Gasteiger partial charge on any atom is 0.252 e. The fourth-order valence-electron chi connectivity index (χ4n) is 2.33. The van der Waals surface area contributed by atoms with E-state index in [4.69, 9.17) is 5.73 Å². The van der Waals surface area contributed by atoms with Crippen molar-refractivity contribution in [3.05, 3.63) is 0 Å². The van der Waals surface area contributed by atoms with Crippen LogP contribution in [0.2, 0.25) is 0 Å². The summed E-state index contributed by atoms with van der Waals surface area (Å²) in [6, 6.07) is -0.307. The molecule has 1 nitrogen and oxygen atoms in total. The maximum absolute atomic E-state index is 13.5. The molecule has 0 aromatic rings. The Morgan fingerprint density at radius 1 is 1.54 bits per heavy atom. The van der Waals surface area contributed by atoms with Crippen LogP contribution in [0.4, 0.5) is 8.78 Å². The van der Waals surface area contributed by atoms with Crippen molar-refractivity contribution in [2.45, 2.75) is 51.5 Å². The molecule has 0 spiro atoms. The first-order valence-electron chi connectivity index (χ1n) is 5.12. The van der Waals surface area contributed by atoms with E-state index in [1.54, 1.807) is 0 Å². The van der Waals surface area contributed by atoms with E-state index in [1.807, 2.05) is 13.8 Å². The van der Waals surface area contributed by atoms with Crippen LogP contribution in [-0.4, -0.2) is 12.0 Å². The Hall–Kier alpha value is -0.180. The lowest BCUT2D eigenvalue weighted by Crippen LogP contribution is -2.48. The van der Waals surface area contributed by atoms with E-state index in [2.05, 4.69) is 0 Å². The molecule has 3 heteroatoms. The van der Waals surface area contributed by atoms with Gasteiger partial charge in [0.05, 0.1) is 0 Å². The van der Waals surface area contributed by atoms with Gasteiger partial charge in [-0.1, -0.05) is 20.3 Å². The van der Waals surface area contributed by atoms with E-state index >= 15 is 0 Å². The van der Waals surface area contributed by atoms with Crippen molar-refractivity contribution in [1.82, 2.24) is 0 Å². The lowest BCUT2D eigenvalue weighted by molar-refractivity contribution is -0.112. The van der Waals surface area contributed by atoms with Crippen LogP contribution < -0.4 is 5.73 Å². The van der Waals surface area contributed by atoms with Crippen LogP contribution in [0.25, 0.3) is 0 Å². The second kappa shape index (κ2) is 3.91. The average Bonchev–Trinajstić information content (AvgIpc) is 2.02. The van der Waals surface area contributed by atoms with Gasteiger partial charge in [-0.2, -0.15) is 0 Å². The summed E-state index contributed by atoms with van der Waals surface area (Å²) in [7, 11) is 0. The Labute approximate surface area is 78.7 Å². The van der Waals surface area contributed by atoms with Crippen LogP contribution in [0.3, 0.4) is 0 Å². The van der Waals surface area contributed by atoms with Gasteiger partial charge in [0.25, 0.3) is 5.92 Å². The summed E-state index contributed by atoms with van der Waals surface area (Å²) in [5, 5.41) is 0. The summed E-state index contributed by atoms with van der Waals surface area (Å²) in [5.41, 5.74) is 5.75. The van der Waals surface area contributed by atoms with Gasteiger partial charge in [-0.05, 0) is 18.8 Å². The van der Waals surface area contributed by atoms with E-state index in [-0.39, 0.29) is 18.4 Å². The van der Waals surface area contributed by atoms with Crippen LogP contribution in [0.5, 0.6) is 0 Å². The van der Waals surface area contributed by atoms with Gasteiger partial charge >= 0.3 is 0 Å². The van der Waals surface area contributed by atoms with E-state index in [1.165, 1.54) is 0 Å². The topological polar surface area (TPSA) is 26.0 Å². The van der Waals surface area contributed by atoms with Crippen LogP contribution >= 0.6 is 0 Å². The minimum Gasteiger partial charge on any atom is -0.327 e. The predicted octanol–water partition coefficient (Wildman–Crippen LogP) is 2.80. The van der Waals surface area contributed by atoms with Gasteiger partial charge in [0.1, 0.15) is 0 Å². The lowest BCUT2D eigenvalue weighted by Gasteiger charge is -2.39. The summed E-state index contributed by atoms with van der Waals surface area (Å²) >= 11 is 0. The summed E-state index contributed by atoms with van der Waals surface area (Å²) in [5.74, 6) is -3.11. The van der Waals surface area contributed by atoms with E-state index in [0.29, 0.717) is 6.42 Å². The quantitative estimate of drug-likeness (QED) is 0.713. The highest BCUT2D eigenvalue weighted by Crippen LogP contribution is 2.42. The second-order valence-electron chi connectivity index (χ2n) is 4.23. The predicted molar refractivity (Wildman–Crippen MR) is 49.7 cm³/mol. The van der Waals surface area contributed by atoms with Crippen molar-refractivity contribution >= 4 is 0 Å². The normalized spacial score (nSPS) is 35.8. The molecule has 1 aliphatic carbocycles. The minimum absolute atomic E-state index is 0.0235. The second-order valence-corrected chi connectivity index (χ2v) is 4.23. The zero-order valence-corrected chi connectivity index (χ0v) is 8.39. The third-order valence-electron chi connectivity index (χ3n) is 3.25. The Balaban J connectivity index is 2.74. The van der Waals surface area contributed by atoms with E-state index in [0.717, 1.165) is 12.8 Å². The van der Waals surface area contributed by atoms with Crippen LogP contribution in [0.1, 0.15) is 39.5 Å². The summed E-state index contributed by atoms with van der Waals surface area (Å²) < 4.78 is 27.0. The largest absolute Gasteiger partial charge is 0.327 e. The molecule has 1 fully saturated rings. The molecule has 0 aliphatic heterocycles. The highest BCUT2D eigenvalue weighted by molar-refractivity contribution is 4.92. The fraction of sp³-hybridized carbons (Fsp3) is 1.00. The molecule has 13 heavy (non-hydrogen) atoms. The SMILES string of the molecule is CCC(C)C1C(N)CCCC1(F)F. The number of nitrogens with two attached hydrogens (primary N) is 1. The Bertz CT molecular complexity index is 166. The van der Waals surface area contributed by atoms with Crippen molar-refractivity contribution in [3.63, 3.8) is 0 Å². The molecule has 0 aromatic heterocycles. The molecule has 2 N–H and O–H groups in total. The Morgan fingerprint density at radius 3 is 2.62 bits per heavy atom. The average molecular weight is 191 g/mol. The van der Waals surface area contributed by atoms with Crippen molar-refractivity contribution in [2.75, 3.05) is 0 Å². The first-order chi connectivity index (χ1) is 5.99. The molecule has 0 heterocycles. The highest BCUT2D eigenvalue weighted by atomic mass is 19.3. The fourth-order valence-corrected chi connectivity index (χ4v) is 2.33. The van der Waals surface area contributed by atoms with Gasteiger partial charge in [0.2, 0.25) is 0 Å². The third-order valence-corrected chi connectivity index (χ3v) is 3.25. The van der Waals surface area contributed by atoms with E-state index in [9.17, 15) is 8.78 Å². The molecule has 0 saturated heterocycles. The van der Waals surface area contributed by atoms with Gasteiger partial charge in [0, 0.05) is 18.4 Å². The smallest absolute Gasteiger partial charge is 0.252 e. The summed E-state index contributed by atoms with van der Waals surface area (Å²) in [6.07, 6.45) is 2.13. The minimum atomic E-state index is -2.53. The van der Waals surface area contributed by atoms with Crippen molar-refractivity contribution < 1.29 is 8.78 Å². The van der Waals surface area contributed by atoms with Crippen molar-refractivity contribution in [2.24, 2.45) is 17.6 Å².